The molecule has 0 unspecified atom stereocenters. The number of benzene rings is 1. The molecule has 1 fully saturated rings. The minimum Gasteiger partial charge on any atom is -0.379 e. The van der Waals surface area contributed by atoms with Crippen LogP contribution in [-0.4, -0.2) is 60.5 Å². The predicted octanol–water partition coefficient (Wildman–Crippen LogP) is 2.97. The zero-order valence-corrected chi connectivity index (χ0v) is 15.7. The maximum atomic E-state index is 6.11. The molecule has 1 aliphatic rings. The van der Waals surface area contributed by atoms with Gasteiger partial charge in [-0.2, -0.15) is 10.1 Å². The largest absolute Gasteiger partial charge is 0.379 e. The smallest absolute Gasteiger partial charge is 0.224 e. The summed E-state index contributed by atoms with van der Waals surface area (Å²) in [5.41, 5.74) is 3.64. The summed E-state index contributed by atoms with van der Waals surface area (Å²) in [6.07, 6.45) is 3.30. The number of nitrogens with one attached hydrogen (secondary N) is 2. The van der Waals surface area contributed by atoms with E-state index in [4.69, 9.17) is 27.9 Å². The molecule has 1 saturated heterocycles. The lowest BCUT2D eigenvalue weighted by molar-refractivity contribution is 0.0398. The molecular formula is C17H20Cl2N6O. The van der Waals surface area contributed by atoms with E-state index in [0.717, 1.165) is 45.0 Å². The molecule has 0 aliphatic carbocycles. The molecule has 9 heteroatoms. The lowest BCUT2D eigenvalue weighted by atomic mass is 10.2. The van der Waals surface area contributed by atoms with Crippen LogP contribution in [0.1, 0.15) is 5.56 Å². The summed E-state index contributed by atoms with van der Waals surface area (Å²) in [6.45, 7) is 5.22. The number of hydrazone groups is 1. The number of aromatic nitrogens is 2. The molecule has 1 aromatic carbocycles. The van der Waals surface area contributed by atoms with Crippen molar-refractivity contribution in [1.29, 1.82) is 0 Å². The molecule has 2 heterocycles. The quantitative estimate of drug-likeness (QED) is 0.555. The van der Waals surface area contributed by atoms with Crippen molar-refractivity contribution in [3.8, 4) is 0 Å². The van der Waals surface area contributed by atoms with Gasteiger partial charge in [0.05, 0.1) is 24.5 Å². The Balaban J connectivity index is 1.49. The van der Waals surface area contributed by atoms with E-state index >= 15 is 0 Å². The van der Waals surface area contributed by atoms with Crippen molar-refractivity contribution >= 4 is 41.2 Å². The lowest BCUT2D eigenvalue weighted by Gasteiger charge is -2.26. The highest BCUT2D eigenvalue weighted by Crippen LogP contribution is 2.19. The maximum Gasteiger partial charge on any atom is 0.224 e. The van der Waals surface area contributed by atoms with Gasteiger partial charge in [0.1, 0.15) is 0 Å². The van der Waals surface area contributed by atoms with Gasteiger partial charge in [-0.15, -0.1) is 0 Å². The number of halogens is 2. The van der Waals surface area contributed by atoms with Crippen LogP contribution in [0.5, 0.6) is 0 Å². The Hall–Kier alpha value is -1.93. The molecule has 0 atom stereocenters. The third kappa shape index (κ3) is 5.81. The molecule has 2 aromatic rings. The zero-order valence-electron chi connectivity index (χ0n) is 14.2. The molecule has 0 bridgehead atoms. The van der Waals surface area contributed by atoms with Gasteiger partial charge in [-0.1, -0.05) is 29.3 Å². The van der Waals surface area contributed by atoms with E-state index in [-0.39, 0.29) is 0 Å². The van der Waals surface area contributed by atoms with E-state index in [2.05, 4.69) is 30.7 Å². The highest BCUT2D eigenvalue weighted by Gasteiger charge is 2.09. The molecule has 0 spiro atoms. The van der Waals surface area contributed by atoms with Crippen molar-refractivity contribution in [2.24, 2.45) is 5.10 Å². The van der Waals surface area contributed by atoms with Gasteiger partial charge in [-0.25, -0.2) is 4.98 Å². The van der Waals surface area contributed by atoms with Gasteiger partial charge in [0.25, 0.3) is 0 Å². The van der Waals surface area contributed by atoms with Crippen LogP contribution in [0.2, 0.25) is 10.0 Å². The number of morpholine rings is 1. The third-order valence-electron chi connectivity index (χ3n) is 3.82. The van der Waals surface area contributed by atoms with Crippen molar-refractivity contribution in [2.45, 2.75) is 0 Å². The van der Waals surface area contributed by atoms with Crippen LogP contribution in [0.3, 0.4) is 0 Å². The van der Waals surface area contributed by atoms with Crippen LogP contribution in [0.25, 0.3) is 0 Å². The molecule has 1 aromatic heterocycles. The summed E-state index contributed by atoms with van der Waals surface area (Å²) in [6, 6.07) is 6.98. The van der Waals surface area contributed by atoms with Gasteiger partial charge in [0.2, 0.25) is 5.95 Å². The average molecular weight is 395 g/mol. The molecular weight excluding hydrogens is 375 g/mol. The third-order valence-corrected chi connectivity index (χ3v) is 4.38. The normalized spacial score (nSPS) is 15.3. The summed E-state index contributed by atoms with van der Waals surface area (Å²) in [7, 11) is 0. The average Bonchev–Trinajstić information content (AvgIpc) is 2.65. The van der Waals surface area contributed by atoms with Gasteiger partial charge in [-0.3, -0.25) is 10.3 Å². The molecule has 1 aliphatic heterocycles. The van der Waals surface area contributed by atoms with Gasteiger partial charge in [-0.05, 0) is 12.1 Å². The summed E-state index contributed by atoms with van der Waals surface area (Å²) in [4.78, 5) is 10.9. The monoisotopic (exact) mass is 394 g/mol. The van der Waals surface area contributed by atoms with Crippen molar-refractivity contribution in [2.75, 3.05) is 50.1 Å². The highest BCUT2D eigenvalue weighted by molar-refractivity contribution is 6.36. The fourth-order valence-corrected chi connectivity index (χ4v) is 2.89. The van der Waals surface area contributed by atoms with Crippen molar-refractivity contribution in [3.63, 3.8) is 0 Å². The topological polar surface area (TPSA) is 74.7 Å². The van der Waals surface area contributed by atoms with Gasteiger partial charge >= 0.3 is 0 Å². The molecule has 138 valence electrons. The van der Waals surface area contributed by atoms with Gasteiger partial charge in [0.15, 0.2) is 5.82 Å². The molecule has 0 amide bonds. The van der Waals surface area contributed by atoms with Crippen LogP contribution < -0.4 is 10.7 Å². The SMILES string of the molecule is Clc1ccc(/C=N/Nc2ccnc(NCCN3CCOCC3)n2)c(Cl)c1. The lowest BCUT2D eigenvalue weighted by Crippen LogP contribution is -2.39. The molecule has 3 rings (SSSR count). The standard InChI is InChI=1S/C17H20Cl2N6O/c18-14-2-1-13(15(19)11-14)12-22-24-16-3-4-20-17(23-16)21-5-6-25-7-9-26-10-8-25/h1-4,11-12H,5-10H2,(H2,20,21,23,24)/b22-12+. The first-order valence-electron chi connectivity index (χ1n) is 8.32. The summed E-state index contributed by atoms with van der Waals surface area (Å²) in [5, 5.41) is 8.50. The number of nitrogens with zero attached hydrogens (tertiary/aromatic N) is 4. The molecule has 0 radical (unpaired) electrons. The van der Waals surface area contributed by atoms with Crippen molar-refractivity contribution < 1.29 is 4.74 Å². The first-order valence-corrected chi connectivity index (χ1v) is 9.07. The number of hydrogen-bond acceptors (Lipinski definition) is 7. The Morgan fingerprint density at radius 2 is 2.08 bits per heavy atom. The van der Waals surface area contributed by atoms with Crippen LogP contribution in [0, 0.1) is 0 Å². The van der Waals surface area contributed by atoms with E-state index in [1.807, 2.05) is 0 Å². The van der Waals surface area contributed by atoms with Gasteiger partial charge < -0.3 is 10.1 Å². The number of rotatable bonds is 7. The number of anilines is 2. The summed E-state index contributed by atoms with van der Waals surface area (Å²) < 4.78 is 5.34. The number of hydrogen-bond donors (Lipinski definition) is 2. The Kier molecular flexibility index (Phi) is 7.02. The van der Waals surface area contributed by atoms with E-state index in [9.17, 15) is 0 Å². The summed E-state index contributed by atoms with van der Waals surface area (Å²) >= 11 is 12.0. The Labute approximate surface area is 162 Å². The zero-order chi connectivity index (χ0) is 18.2. The maximum absolute atomic E-state index is 6.11. The second-order valence-electron chi connectivity index (χ2n) is 5.68. The van der Waals surface area contributed by atoms with Gasteiger partial charge in [0, 0.05) is 49.0 Å². The fourth-order valence-electron chi connectivity index (χ4n) is 2.43. The molecule has 26 heavy (non-hydrogen) atoms. The van der Waals surface area contributed by atoms with E-state index in [0.29, 0.717) is 21.8 Å². The van der Waals surface area contributed by atoms with Crippen molar-refractivity contribution in [1.82, 2.24) is 14.9 Å². The molecule has 0 saturated carbocycles. The first-order chi connectivity index (χ1) is 12.7. The Bertz CT molecular complexity index is 752. The van der Waals surface area contributed by atoms with Crippen LogP contribution in [0.15, 0.2) is 35.6 Å². The van der Waals surface area contributed by atoms with Crippen LogP contribution in [-0.2, 0) is 4.74 Å². The minimum absolute atomic E-state index is 0.538. The molecule has 2 N–H and O–H groups in total. The second kappa shape index (κ2) is 9.68. The first kappa shape index (κ1) is 18.8. The van der Waals surface area contributed by atoms with E-state index in [1.54, 1.807) is 36.7 Å². The Morgan fingerprint density at radius 3 is 2.88 bits per heavy atom. The second-order valence-corrected chi connectivity index (χ2v) is 6.53. The van der Waals surface area contributed by atoms with Crippen LogP contribution in [0.4, 0.5) is 11.8 Å². The highest BCUT2D eigenvalue weighted by atomic mass is 35.5. The van der Waals surface area contributed by atoms with Crippen molar-refractivity contribution in [3.05, 3.63) is 46.1 Å². The minimum atomic E-state index is 0.538. The summed E-state index contributed by atoms with van der Waals surface area (Å²) in [5.74, 6) is 1.15. The van der Waals surface area contributed by atoms with Crippen LogP contribution >= 0.6 is 23.2 Å². The predicted molar refractivity (Wildman–Crippen MR) is 105 cm³/mol. The van der Waals surface area contributed by atoms with E-state index < -0.39 is 0 Å². The fraction of sp³-hybridized carbons (Fsp3) is 0.353. The Morgan fingerprint density at radius 1 is 1.23 bits per heavy atom. The molecule has 7 nitrogen and oxygen atoms in total. The van der Waals surface area contributed by atoms with E-state index in [1.165, 1.54) is 0 Å². The number of ether oxygens (including phenoxy) is 1.